The van der Waals surface area contributed by atoms with E-state index in [2.05, 4.69) is 34.5 Å². The van der Waals surface area contributed by atoms with Crippen LogP contribution in [0.2, 0.25) is 0 Å². The molecule has 3 rings (SSSR count). The molecule has 23 heavy (non-hydrogen) atoms. The molecule has 2 heterocycles. The minimum Gasteiger partial charge on any atom is -0.394 e. The Morgan fingerprint density at radius 2 is 2.13 bits per heavy atom. The lowest BCUT2D eigenvalue weighted by atomic mass is 10.2. The van der Waals surface area contributed by atoms with Crippen molar-refractivity contribution < 1.29 is 14.6 Å². The number of hydrogen-bond donors (Lipinski definition) is 2. The van der Waals surface area contributed by atoms with E-state index in [4.69, 9.17) is 4.74 Å². The molecule has 126 valence electrons. The molecule has 0 aliphatic carbocycles. The summed E-state index contributed by atoms with van der Waals surface area (Å²) in [5.74, 6) is 0. The Labute approximate surface area is 137 Å². The summed E-state index contributed by atoms with van der Waals surface area (Å²) in [6.45, 7) is 4.21. The normalized spacial score (nSPS) is 25.5. The first-order valence-corrected chi connectivity index (χ1v) is 8.28. The van der Waals surface area contributed by atoms with E-state index >= 15 is 0 Å². The van der Waals surface area contributed by atoms with Crippen LogP contribution in [0.4, 0.5) is 4.79 Å². The van der Waals surface area contributed by atoms with E-state index in [0.29, 0.717) is 19.8 Å². The molecule has 2 atom stereocenters. The minimum absolute atomic E-state index is 0.0573. The van der Waals surface area contributed by atoms with Gasteiger partial charge in [0.15, 0.2) is 0 Å². The number of carbonyl (C=O) groups is 1. The van der Waals surface area contributed by atoms with Crippen LogP contribution in [0, 0.1) is 0 Å². The first kappa shape index (κ1) is 16.2. The summed E-state index contributed by atoms with van der Waals surface area (Å²) in [6, 6.07) is 10.3. The summed E-state index contributed by atoms with van der Waals surface area (Å²) in [5, 5.41) is 12.5. The Morgan fingerprint density at radius 1 is 1.30 bits per heavy atom. The van der Waals surface area contributed by atoms with E-state index in [1.807, 2.05) is 6.07 Å². The van der Waals surface area contributed by atoms with Crippen molar-refractivity contribution in [1.29, 1.82) is 0 Å². The molecule has 2 fully saturated rings. The van der Waals surface area contributed by atoms with Gasteiger partial charge in [-0.3, -0.25) is 4.90 Å². The van der Waals surface area contributed by atoms with Gasteiger partial charge in [-0.1, -0.05) is 30.3 Å². The lowest BCUT2D eigenvalue weighted by Crippen LogP contribution is -2.55. The molecule has 6 nitrogen and oxygen atoms in total. The maximum atomic E-state index is 12.4. The molecule has 2 saturated heterocycles. The van der Waals surface area contributed by atoms with Gasteiger partial charge in [-0.2, -0.15) is 0 Å². The van der Waals surface area contributed by atoms with Gasteiger partial charge in [0, 0.05) is 32.2 Å². The number of carbonyl (C=O) groups excluding carboxylic acids is 1. The maximum absolute atomic E-state index is 12.4. The second kappa shape index (κ2) is 7.77. The van der Waals surface area contributed by atoms with Crippen LogP contribution in [-0.2, 0) is 11.3 Å². The molecule has 6 heteroatoms. The summed E-state index contributed by atoms with van der Waals surface area (Å²) in [5.41, 5.74) is 1.30. The second-order valence-electron chi connectivity index (χ2n) is 6.26. The number of aliphatic hydroxyl groups is 1. The zero-order valence-electron chi connectivity index (χ0n) is 13.4. The van der Waals surface area contributed by atoms with Crippen molar-refractivity contribution in [3.05, 3.63) is 35.9 Å². The highest BCUT2D eigenvalue weighted by molar-refractivity contribution is 5.75. The van der Waals surface area contributed by atoms with Gasteiger partial charge in [0.25, 0.3) is 0 Å². The quantitative estimate of drug-likeness (QED) is 0.856. The zero-order valence-corrected chi connectivity index (χ0v) is 13.4. The van der Waals surface area contributed by atoms with E-state index in [1.165, 1.54) is 5.56 Å². The Bertz CT molecular complexity index is 511. The molecule has 2 N–H and O–H groups in total. The first-order chi connectivity index (χ1) is 11.3. The van der Waals surface area contributed by atoms with Crippen LogP contribution in [0.25, 0.3) is 0 Å². The minimum atomic E-state index is -0.231. The standard InChI is InChI=1S/C17H25N3O3/c21-12-16-13-23-9-8-20(16)17(22)18-15-6-7-19(11-15)10-14-4-2-1-3-5-14/h1-5,15-16,21H,6-13H2,(H,18,22)/t15?,16-/m1/s1. The zero-order chi connectivity index (χ0) is 16.1. The number of aliphatic hydroxyl groups excluding tert-OH is 1. The monoisotopic (exact) mass is 319 g/mol. The second-order valence-corrected chi connectivity index (χ2v) is 6.26. The van der Waals surface area contributed by atoms with Crippen molar-refractivity contribution in [2.45, 2.75) is 25.0 Å². The smallest absolute Gasteiger partial charge is 0.318 e. The molecule has 2 aliphatic heterocycles. The fourth-order valence-corrected chi connectivity index (χ4v) is 3.27. The van der Waals surface area contributed by atoms with Gasteiger partial charge in [-0.25, -0.2) is 4.79 Å². The van der Waals surface area contributed by atoms with E-state index in [-0.39, 0.29) is 24.7 Å². The fraction of sp³-hybridized carbons (Fsp3) is 0.588. The maximum Gasteiger partial charge on any atom is 0.318 e. The summed E-state index contributed by atoms with van der Waals surface area (Å²) in [7, 11) is 0. The number of urea groups is 1. The average Bonchev–Trinajstić information content (AvgIpc) is 3.02. The lowest BCUT2D eigenvalue weighted by Gasteiger charge is -2.35. The third kappa shape index (κ3) is 4.22. The van der Waals surface area contributed by atoms with Crippen molar-refractivity contribution >= 4 is 6.03 Å². The summed E-state index contributed by atoms with van der Waals surface area (Å²) >= 11 is 0. The third-order valence-corrected chi connectivity index (χ3v) is 4.55. The van der Waals surface area contributed by atoms with Crippen molar-refractivity contribution in [2.75, 3.05) is 39.5 Å². The highest BCUT2D eigenvalue weighted by Crippen LogP contribution is 2.14. The molecule has 2 aliphatic rings. The van der Waals surface area contributed by atoms with Gasteiger partial charge in [0.05, 0.1) is 25.9 Å². The number of nitrogens with one attached hydrogen (secondary N) is 1. The van der Waals surface area contributed by atoms with Gasteiger partial charge in [-0.15, -0.1) is 0 Å². The van der Waals surface area contributed by atoms with Gasteiger partial charge >= 0.3 is 6.03 Å². The fourth-order valence-electron chi connectivity index (χ4n) is 3.27. The van der Waals surface area contributed by atoms with Crippen LogP contribution in [0.3, 0.4) is 0 Å². The number of hydrogen-bond acceptors (Lipinski definition) is 4. The lowest BCUT2D eigenvalue weighted by molar-refractivity contribution is -0.00806. The Morgan fingerprint density at radius 3 is 2.91 bits per heavy atom. The van der Waals surface area contributed by atoms with E-state index in [0.717, 1.165) is 26.1 Å². The number of morpholine rings is 1. The van der Waals surface area contributed by atoms with Crippen LogP contribution < -0.4 is 5.32 Å². The van der Waals surface area contributed by atoms with Crippen molar-refractivity contribution in [3.8, 4) is 0 Å². The molecule has 2 amide bonds. The summed E-state index contributed by atoms with van der Waals surface area (Å²) < 4.78 is 5.32. The molecule has 0 spiro atoms. The van der Waals surface area contributed by atoms with Crippen molar-refractivity contribution in [3.63, 3.8) is 0 Å². The van der Waals surface area contributed by atoms with Crippen LogP contribution >= 0.6 is 0 Å². The van der Waals surface area contributed by atoms with Gasteiger partial charge in [-0.05, 0) is 12.0 Å². The average molecular weight is 319 g/mol. The van der Waals surface area contributed by atoms with Crippen LogP contribution in [0.5, 0.6) is 0 Å². The molecule has 0 radical (unpaired) electrons. The molecule has 0 bridgehead atoms. The number of ether oxygens (including phenoxy) is 1. The van der Waals surface area contributed by atoms with Gasteiger partial charge in [0.2, 0.25) is 0 Å². The molecule has 1 aromatic carbocycles. The Hall–Kier alpha value is -1.63. The largest absolute Gasteiger partial charge is 0.394 e. The number of likely N-dealkylation sites (tertiary alicyclic amines) is 1. The Kier molecular flexibility index (Phi) is 5.48. The van der Waals surface area contributed by atoms with E-state index in [9.17, 15) is 9.90 Å². The van der Waals surface area contributed by atoms with Gasteiger partial charge < -0.3 is 20.1 Å². The van der Waals surface area contributed by atoms with Crippen LogP contribution in [0.1, 0.15) is 12.0 Å². The third-order valence-electron chi connectivity index (χ3n) is 4.55. The van der Waals surface area contributed by atoms with Crippen LogP contribution in [0.15, 0.2) is 30.3 Å². The predicted molar refractivity (Wildman–Crippen MR) is 87.1 cm³/mol. The highest BCUT2D eigenvalue weighted by atomic mass is 16.5. The molecule has 1 unspecified atom stereocenters. The summed E-state index contributed by atoms with van der Waals surface area (Å²) in [4.78, 5) is 16.5. The van der Waals surface area contributed by atoms with E-state index in [1.54, 1.807) is 4.90 Å². The number of amides is 2. The summed E-state index contributed by atoms with van der Waals surface area (Å²) in [6.07, 6.45) is 0.965. The van der Waals surface area contributed by atoms with Crippen molar-refractivity contribution in [1.82, 2.24) is 15.1 Å². The van der Waals surface area contributed by atoms with E-state index < -0.39 is 0 Å². The Balaban J connectivity index is 1.48. The number of benzene rings is 1. The molecule has 0 aromatic heterocycles. The van der Waals surface area contributed by atoms with Gasteiger partial charge in [0.1, 0.15) is 0 Å². The topological polar surface area (TPSA) is 65.0 Å². The SMILES string of the molecule is O=C(NC1CCN(Cc2ccccc2)C1)N1CCOC[C@H]1CO. The molecular formula is C17H25N3O3. The molecule has 1 aromatic rings. The van der Waals surface area contributed by atoms with Crippen LogP contribution in [-0.4, -0.2) is 72.5 Å². The predicted octanol–water partition coefficient (Wildman–Crippen LogP) is 0.664. The number of rotatable bonds is 4. The van der Waals surface area contributed by atoms with Crippen molar-refractivity contribution in [2.24, 2.45) is 0 Å². The molecule has 0 saturated carbocycles. The first-order valence-electron chi connectivity index (χ1n) is 8.28. The highest BCUT2D eigenvalue weighted by Gasteiger charge is 2.30. The molecular weight excluding hydrogens is 294 g/mol. The number of nitrogens with zero attached hydrogens (tertiary/aromatic N) is 2.